The lowest BCUT2D eigenvalue weighted by Crippen LogP contribution is -1.92. The molecule has 1 aromatic heterocycles. The Kier molecular flexibility index (Phi) is 7.75. The maximum absolute atomic E-state index is 5.03. The zero-order valence-electron chi connectivity index (χ0n) is 31.4. The summed E-state index contributed by atoms with van der Waals surface area (Å²) in [5.41, 5.74) is 12.5. The second-order valence-electron chi connectivity index (χ2n) is 15.0. The van der Waals surface area contributed by atoms with Gasteiger partial charge in [0.15, 0.2) is 0 Å². The largest absolute Gasteiger partial charge is 0.260 e. The van der Waals surface area contributed by atoms with Crippen LogP contribution >= 0.6 is 0 Å². The van der Waals surface area contributed by atoms with E-state index < -0.39 is 0 Å². The van der Waals surface area contributed by atoms with Crippen LogP contribution in [0.3, 0.4) is 0 Å². The Morgan fingerprint density at radius 2 is 0.895 bits per heavy atom. The number of aryl methyl sites for hydroxylation is 1. The summed E-state index contributed by atoms with van der Waals surface area (Å²) in [4.78, 5) is 9.61. The average molecular weight is 725 g/mol. The van der Waals surface area contributed by atoms with E-state index >= 15 is 0 Å². The molecule has 0 aliphatic rings. The lowest BCUT2D eigenvalue weighted by atomic mass is 9.88. The molecule has 0 saturated carbocycles. The summed E-state index contributed by atoms with van der Waals surface area (Å²) < 4.78 is 0. The molecule has 0 aliphatic carbocycles. The van der Waals surface area contributed by atoms with E-state index in [1.807, 2.05) is 30.6 Å². The molecule has 10 aromatic carbocycles. The monoisotopic (exact) mass is 724 g/mol. The van der Waals surface area contributed by atoms with Gasteiger partial charge in [-0.25, -0.2) is 4.98 Å². The van der Waals surface area contributed by atoms with Gasteiger partial charge in [0, 0.05) is 11.1 Å². The summed E-state index contributed by atoms with van der Waals surface area (Å²) in [6.45, 7) is 2.23. The maximum atomic E-state index is 5.03. The van der Waals surface area contributed by atoms with E-state index in [0.717, 1.165) is 27.9 Å². The van der Waals surface area contributed by atoms with Crippen molar-refractivity contribution in [1.82, 2.24) is 9.97 Å². The highest BCUT2D eigenvalue weighted by Crippen LogP contribution is 2.42. The Hall–Kier alpha value is -7.42. The molecule has 0 bridgehead atoms. The number of hydrogen-bond acceptors (Lipinski definition) is 2. The van der Waals surface area contributed by atoms with E-state index in [0.29, 0.717) is 0 Å². The van der Waals surface area contributed by atoms with Crippen LogP contribution in [0.1, 0.15) is 5.56 Å². The molecule has 11 aromatic rings. The molecule has 0 fully saturated rings. The number of hydrogen-bond donors (Lipinski definition) is 0. The van der Waals surface area contributed by atoms with Gasteiger partial charge in [0.1, 0.15) is 0 Å². The first-order valence-corrected chi connectivity index (χ1v) is 19.6. The topological polar surface area (TPSA) is 25.8 Å². The van der Waals surface area contributed by atoms with Crippen LogP contribution in [0.25, 0.3) is 110 Å². The number of benzene rings is 10. The van der Waals surface area contributed by atoms with Gasteiger partial charge in [0.25, 0.3) is 0 Å². The van der Waals surface area contributed by atoms with Crippen molar-refractivity contribution in [3.8, 4) is 55.9 Å². The minimum absolute atomic E-state index is 0.867. The van der Waals surface area contributed by atoms with Crippen LogP contribution in [-0.4, -0.2) is 9.97 Å². The molecule has 0 spiro atoms. The van der Waals surface area contributed by atoms with Gasteiger partial charge in [0.2, 0.25) is 0 Å². The molecule has 2 heteroatoms. The Balaban J connectivity index is 0.975. The van der Waals surface area contributed by atoms with Crippen LogP contribution in [0.15, 0.2) is 200 Å². The van der Waals surface area contributed by atoms with Crippen LogP contribution in [0.4, 0.5) is 0 Å². The van der Waals surface area contributed by atoms with Crippen LogP contribution < -0.4 is 0 Å². The standard InChI is InChI=1S/C55H36N2/c1-35-10-7-13-39-24-25-41-15-9-19-50(55(41)53(35)39)49-18-8-14-40-26-27-43-32-42(28-29-45(43)54(40)49)36-20-22-37(23-21-36)44-30-31-48(47-17-6-5-16-46(44)47)52-34-56-33-51(57-52)38-11-3-2-4-12-38/h2-34H,1H3. The van der Waals surface area contributed by atoms with Gasteiger partial charge in [-0.15, -0.1) is 0 Å². The van der Waals surface area contributed by atoms with E-state index in [2.05, 4.69) is 182 Å². The van der Waals surface area contributed by atoms with Crippen LogP contribution in [0, 0.1) is 6.92 Å². The Morgan fingerprint density at radius 3 is 1.67 bits per heavy atom. The average Bonchev–Trinajstić information content (AvgIpc) is 3.28. The molecular formula is C55H36N2. The summed E-state index contributed by atoms with van der Waals surface area (Å²) in [6.07, 6.45) is 3.70. The van der Waals surface area contributed by atoms with E-state index in [-0.39, 0.29) is 0 Å². The van der Waals surface area contributed by atoms with E-state index in [4.69, 9.17) is 4.98 Å². The molecule has 57 heavy (non-hydrogen) atoms. The summed E-state index contributed by atoms with van der Waals surface area (Å²) in [6, 6.07) is 68.4. The smallest absolute Gasteiger partial charge is 0.0898 e. The van der Waals surface area contributed by atoms with Crippen LogP contribution in [0.5, 0.6) is 0 Å². The molecule has 2 nitrogen and oxygen atoms in total. The molecule has 0 N–H and O–H groups in total. The van der Waals surface area contributed by atoms with Crippen molar-refractivity contribution in [1.29, 1.82) is 0 Å². The van der Waals surface area contributed by atoms with Crippen LogP contribution in [0.2, 0.25) is 0 Å². The highest BCUT2D eigenvalue weighted by molar-refractivity contribution is 6.21. The second kappa shape index (κ2) is 13.4. The second-order valence-corrected chi connectivity index (χ2v) is 15.0. The number of fused-ring (bicyclic) bond motifs is 7. The van der Waals surface area contributed by atoms with Gasteiger partial charge in [0.05, 0.1) is 23.8 Å². The molecule has 0 amide bonds. The van der Waals surface area contributed by atoms with Gasteiger partial charge < -0.3 is 0 Å². The fourth-order valence-corrected chi connectivity index (χ4v) is 8.94. The third-order valence-corrected chi connectivity index (χ3v) is 11.7. The summed E-state index contributed by atoms with van der Waals surface area (Å²) in [5, 5.41) is 12.6. The molecular weight excluding hydrogens is 689 g/mol. The summed E-state index contributed by atoms with van der Waals surface area (Å²) in [5.74, 6) is 0. The first-order chi connectivity index (χ1) is 28.2. The van der Waals surface area contributed by atoms with Crippen molar-refractivity contribution in [2.24, 2.45) is 0 Å². The quantitative estimate of drug-likeness (QED) is 0.165. The van der Waals surface area contributed by atoms with Gasteiger partial charge in [-0.3, -0.25) is 4.98 Å². The fourth-order valence-electron chi connectivity index (χ4n) is 8.94. The highest BCUT2D eigenvalue weighted by atomic mass is 14.8. The van der Waals surface area contributed by atoms with Gasteiger partial charge in [-0.05, 0) is 106 Å². The van der Waals surface area contributed by atoms with Crippen molar-refractivity contribution >= 4 is 53.9 Å². The van der Waals surface area contributed by atoms with Crippen LogP contribution in [-0.2, 0) is 0 Å². The zero-order chi connectivity index (χ0) is 37.9. The Morgan fingerprint density at radius 1 is 0.316 bits per heavy atom. The predicted molar refractivity (Wildman–Crippen MR) is 241 cm³/mol. The van der Waals surface area contributed by atoms with Gasteiger partial charge in [-0.1, -0.05) is 182 Å². The zero-order valence-corrected chi connectivity index (χ0v) is 31.4. The summed E-state index contributed by atoms with van der Waals surface area (Å²) >= 11 is 0. The lowest BCUT2D eigenvalue weighted by Gasteiger charge is -2.16. The van der Waals surface area contributed by atoms with E-state index in [1.54, 1.807) is 0 Å². The number of rotatable bonds is 5. The minimum Gasteiger partial charge on any atom is -0.260 e. The lowest BCUT2D eigenvalue weighted by molar-refractivity contribution is 1.21. The third kappa shape index (κ3) is 5.57. The molecule has 0 saturated heterocycles. The molecule has 0 unspecified atom stereocenters. The third-order valence-electron chi connectivity index (χ3n) is 11.7. The van der Waals surface area contributed by atoms with Gasteiger partial charge >= 0.3 is 0 Å². The molecule has 0 radical (unpaired) electrons. The van der Waals surface area contributed by atoms with Crippen molar-refractivity contribution in [3.05, 3.63) is 206 Å². The van der Waals surface area contributed by atoms with E-state index in [9.17, 15) is 0 Å². The highest BCUT2D eigenvalue weighted by Gasteiger charge is 2.16. The normalized spacial score (nSPS) is 11.6. The molecule has 0 atom stereocenters. The van der Waals surface area contributed by atoms with Crippen molar-refractivity contribution in [2.45, 2.75) is 6.92 Å². The maximum Gasteiger partial charge on any atom is 0.0898 e. The van der Waals surface area contributed by atoms with Gasteiger partial charge in [-0.2, -0.15) is 0 Å². The van der Waals surface area contributed by atoms with Crippen molar-refractivity contribution in [3.63, 3.8) is 0 Å². The number of aromatic nitrogens is 2. The number of nitrogens with zero attached hydrogens (tertiary/aromatic N) is 2. The van der Waals surface area contributed by atoms with E-state index in [1.165, 1.54) is 87.4 Å². The summed E-state index contributed by atoms with van der Waals surface area (Å²) in [7, 11) is 0. The molecule has 1 heterocycles. The Bertz CT molecular complexity index is 3340. The van der Waals surface area contributed by atoms with Crippen molar-refractivity contribution < 1.29 is 0 Å². The first-order valence-electron chi connectivity index (χ1n) is 19.6. The SMILES string of the molecule is Cc1cccc2ccc3cccc(-c4cccc5ccc6cc(-c7ccc(-c8ccc(-c9cncc(-c%10ccccc%10)n9)c9ccccc89)cc7)ccc6c45)c3c12. The Labute approximate surface area is 331 Å². The van der Waals surface area contributed by atoms with Crippen molar-refractivity contribution in [2.75, 3.05) is 0 Å². The predicted octanol–water partition coefficient (Wildman–Crippen LogP) is 14.9. The molecule has 11 rings (SSSR count). The fraction of sp³-hybridized carbons (Fsp3) is 0.0182. The minimum atomic E-state index is 0.867. The first kappa shape index (κ1) is 33.0. The molecule has 0 aliphatic heterocycles. The molecule has 266 valence electrons.